The first-order valence-corrected chi connectivity index (χ1v) is 5.76. The molecule has 3 N–H and O–H groups in total. The van der Waals surface area contributed by atoms with Gasteiger partial charge in [0.2, 0.25) is 0 Å². The highest BCUT2D eigenvalue weighted by atomic mass is 79.9. The summed E-state index contributed by atoms with van der Waals surface area (Å²) in [5.41, 5.74) is 6.23. The quantitative estimate of drug-likeness (QED) is 0.832. The standard InChI is InChI=1S/C11H15BrN2O2/c1-7(2)14-10(15)6-16-11-8(12)4-3-5-9(11)13/h3-5,7H,6,13H2,1-2H3,(H,14,15). The zero-order valence-corrected chi connectivity index (χ0v) is 10.9. The number of amides is 1. The molecule has 1 aromatic carbocycles. The highest BCUT2D eigenvalue weighted by molar-refractivity contribution is 9.10. The van der Waals surface area contributed by atoms with E-state index in [0.29, 0.717) is 11.4 Å². The molecule has 0 aliphatic heterocycles. The van der Waals surface area contributed by atoms with Crippen molar-refractivity contribution in [3.8, 4) is 5.75 Å². The largest absolute Gasteiger partial charge is 0.480 e. The lowest BCUT2D eigenvalue weighted by Gasteiger charge is -2.12. The number of rotatable bonds is 4. The van der Waals surface area contributed by atoms with E-state index in [2.05, 4.69) is 21.2 Å². The predicted octanol–water partition coefficient (Wildman–Crippen LogP) is 1.93. The summed E-state index contributed by atoms with van der Waals surface area (Å²) >= 11 is 3.31. The molecule has 0 aliphatic rings. The minimum atomic E-state index is -0.162. The molecule has 0 saturated carbocycles. The molecule has 0 unspecified atom stereocenters. The predicted molar refractivity (Wildman–Crippen MR) is 67.3 cm³/mol. The number of carbonyl (C=O) groups is 1. The van der Waals surface area contributed by atoms with Gasteiger partial charge in [0.25, 0.3) is 5.91 Å². The number of nitrogen functional groups attached to an aromatic ring is 1. The Morgan fingerprint density at radius 1 is 1.56 bits per heavy atom. The molecule has 0 aromatic heterocycles. The third-order valence-corrected chi connectivity index (χ3v) is 2.42. The molecular formula is C11H15BrN2O2. The molecule has 0 fully saturated rings. The summed E-state index contributed by atoms with van der Waals surface area (Å²) in [5.74, 6) is 0.339. The van der Waals surface area contributed by atoms with Crippen molar-refractivity contribution in [2.45, 2.75) is 19.9 Å². The number of halogens is 1. The fourth-order valence-corrected chi connectivity index (χ4v) is 1.68. The second kappa shape index (κ2) is 5.75. The maximum atomic E-state index is 11.4. The van der Waals surface area contributed by atoms with Gasteiger partial charge in [-0.15, -0.1) is 0 Å². The molecule has 88 valence electrons. The highest BCUT2D eigenvalue weighted by Crippen LogP contribution is 2.30. The maximum absolute atomic E-state index is 11.4. The molecular weight excluding hydrogens is 272 g/mol. The topological polar surface area (TPSA) is 64.3 Å². The van der Waals surface area contributed by atoms with Gasteiger partial charge in [0.1, 0.15) is 0 Å². The second-order valence-corrected chi connectivity index (χ2v) is 4.52. The van der Waals surface area contributed by atoms with Crippen molar-refractivity contribution in [3.63, 3.8) is 0 Å². The molecule has 0 aliphatic carbocycles. The summed E-state index contributed by atoms with van der Waals surface area (Å²) in [6.45, 7) is 3.75. The van der Waals surface area contributed by atoms with Gasteiger partial charge in [0.05, 0.1) is 10.2 Å². The smallest absolute Gasteiger partial charge is 0.258 e. The van der Waals surface area contributed by atoms with Crippen molar-refractivity contribution in [2.24, 2.45) is 0 Å². The number of nitrogens with two attached hydrogens (primary N) is 1. The van der Waals surface area contributed by atoms with Gasteiger partial charge in [-0.25, -0.2) is 0 Å². The van der Waals surface area contributed by atoms with Crippen molar-refractivity contribution < 1.29 is 9.53 Å². The Bertz CT molecular complexity index is 360. The van der Waals surface area contributed by atoms with Crippen LogP contribution >= 0.6 is 15.9 Å². The molecule has 0 saturated heterocycles. The van der Waals surface area contributed by atoms with Gasteiger partial charge in [0.15, 0.2) is 12.4 Å². The summed E-state index contributed by atoms with van der Waals surface area (Å²) in [7, 11) is 0. The molecule has 0 atom stereocenters. The van der Waals surface area contributed by atoms with Crippen LogP contribution in [0.25, 0.3) is 0 Å². The highest BCUT2D eigenvalue weighted by Gasteiger charge is 2.08. The van der Waals surface area contributed by atoms with Gasteiger partial charge >= 0.3 is 0 Å². The van der Waals surface area contributed by atoms with E-state index in [9.17, 15) is 4.79 Å². The van der Waals surface area contributed by atoms with E-state index in [1.165, 1.54) is 0 Å². The second-order valence-electron chi connectivity index (χ2n) is 3.67. The molecule has 1 aromatic rings. The Morgan fingerprint density at radius 3 is 2.81 bits per heavy atom. The van der Waals surface area contributed by atoms with Gasteiger partial charge in [-0.2, -0.15) is 0 Å². The first kappa shape index (κ1) is 12.8. The first-order valence-electron chi connectivity index (χ1n) is 4.97. The van der Waals surface area contributed by atoms with Crippen LogP contribution < -0.4 is 15.8 Å². The van der Waals surface area contributed by atoms with Crippen LogP contribution in [-0.4, -0.2) is 18.6 Å². The lowest BCUT2D eigenvalue weighted by Crippen LogP contribution is -2.34. The zero-order chi connectivity index (χ0) is 12.1. The molecule has 0 bridgehead atoms. The molecule has 0 radical (unpaired) electrons. The molecule has 1 rings (SSSR count). The molecule has 0 heterocycles. The van der Waals surface area contributed by atoms with Gasteiger partial charge in [-0.1, -0.05) is 6.07 Å². The minimum absolute atomic E-state index is 0.0367. The van der Waals surface area contributed by atoms with E-state index >= 15 is 0 Å². The van der Waals surface area contributed by atoms with E-state index in [1.807, 2.05) is 19.9 Å². The van der Waals surface area contributed by atoms with Crippen LogP contribution in [0.5, 0.6) is 5.75 Å². The van der Waals surface area contributed by atoms with Crippen LogP contribution in [0.3, 0.4) is 0 Å². The monoisotopic (exact) mass is 286 g/mol. The molecule has 0 spiro atoms. The van der Waals surface area contributed by atoms with E-state index in [4.69, 9.17) is 10.5 Å². The average molecular weight is 287 g/mol. The zero-order valence-electron chi connectivity index (χ0n) is 9.29. The van der Waals surface area contributed by atoms with Gasteiger partial charge in [-0.05, 0) is 41.9 Å². The minimum Gasteiger partial charge on any atom is -0.480 e. The van der Waals surface area contributed by atoms with Crippen LogP contribution in [0, 0.1) is 0 Å². The Kier molecular flexibility index (Phi) is 4.61. The van der Waals surface area contributed by atoms with Crippen molar-refractivity contribution in [1.29, 1.82) is 0 Å². The van der Waals surface area contributed by atoms with E-state index in [0.717, 1.165) is 4.47 Å². The summed E-state index contributed by atoms with van der Waals surface area (Å²) in [6, 6.07) is 5.44. The number of carbonyl (C=O) groups excluding carboxylic acids is 1. The number of hydrogen-bond acceptors (Lipinski definition) is 3. The summed E-state index contributed by atoms with van der Waals surface area (Å²) in [6.07, 6.45) is 0. The van der Waals surface area contributed by atoms with Crippen LogP contribution in [0.4, 0.5) is 5.69 Å². The fraction of sp³-hybridized carbons (Fsp3) is 0.364. The Balaban J connectivity index is 2.58. The molecule has 16 heavy (non-hydrogen) atoms. The summed E-state index contributed by atoms with van der Waals surface area (Å²) < 4.78 is 6.09. The van der Waals surface area contributed by atoms with Crippen molar-refractivity contribution in [1.82, 2.24) is 5.32 Å². The van der Waals surface area contributed by atoms with Gasteiger partial charge in [-0.3, -0.25) is 4.79 Å². The fourth-order valence-electron chi connectivity index (χ4n) is 1.18. The van der Waals surface area contributed by atoms with Crippen LogP contribution in [0.15, 0.2) is 22.7 Å². The number of ether oxygens (including phenoxy) is 1. The van der Waals surface area contributed by atoms with Gasteiger partial charge < -0.3 is 15.8 Å². The van der Waals surface area contributed by atoms with E-state index in [1.54, 1.807) is 12.1 Å². The number of nitrogens with one attached hydrogen (secondary N) is 1. The SMILES string of the molecule is CC(C)NC(=O)COc1c(N)cccc1Br. The third kappa shape index (κ3) is 3.73. The molecule has 1 amide bonds. The number of hydrogen-bond donors (Lipinski definition) is 2. The number of para-hydroxylation sites is 1. The average Bonchev–Trinajstić information content (AvgIpc) is 2.15. The Hall–Kier alpha value is -1.23. The first-order chi connectivity index (χ1) is 7.50. The lowest BCUT2D eigenvalue weighted by molar-refractivity contribution is -0.123. The van der Waals surface area contributed by atoms with Crippen molar-refractivity contribution >= 4 is 27.5 Å². The normalized spacial score (nSPS) is 10.2. The summed E-state index contributed by atoms with van der Waals surface area (Å²) in [4.78, 5) is 11.4. The van der Waals surface area contributed by atoms with Crippen LogP contribution in [0.1, 0.15) is 13.8 Å². The maximum Gasteiger partial charge on any atom is 0.258 e. The molecule has 4 nitrogen and oxygen atoms in total. The molecule has 5 heteroatoms. The van der Waals surface area contributed by atoms with Crippen molar-refractivity contribution in [2.75, 3.05) is 12.3 Å². The van der Waals surface area contributed by atoms with E-state index < -0.39 is 0 Å². The van der Waals surface area contributed by atoms with Crippen LogP contribution in [0.2, 0.25) is 0 Å². The third-order valence-electron chi connectivity index (χ3n) is 1.79. The number of anilines is 1. The van der Waals surface area contributed by atoms with Gasteiger partial charge in [0, 0.05) is 6.04 Å². The van der Waals surface area contributed by atoms with Crippen LogP contribution in [-0.2, 0) is 4.79 Å². The lowest BCUT2D eigenvalue weighted by atomic mass is 10.3. The summed E-state index contributed by atoms with van der Waals surface area (Å²) in [5, 5.41) is 2.73. The number of benzene rings is 1. The Labute approximate surface area is 103 Å². The van der Waals surface area contributed by atoms with E-state index in [-0.39, 0.29) is 18.6 Å². The Morgan fingerprint density at radius 2 is 2.25 bits per heavy atom. The van der Waals surface area contributed by atoms with Crippen molar-refractivity contribution in [3.05, 3.63) is 22.7 Å².